The SMILES string of the molecule is C#CC=CCC1OC2CC(Cl)CC(Br)C(CC)OC12. The molecule has 2 rings (SSSR count). The second-order valence-corrected chi connectivity index (χ2v) is 6.94. The van der Waals surface area contributed by atoms with E-state index >= 15 is 0 Å². The molecular formula is C15H20BrClO2. The maximum Gasteiger partial charge on any atom is 0.111 e. The average Bonchev–Trinajstić information content (AvgIpc) is 2.36. The summed E-state index contributed by atoms with van der Waals surface area (Å²) in [6.45, 7) is 2.14. The Morgan fingerprint density at radius 2 is 2.16 bits per heavy atom. The predicted octanol–water partition coefficient (Wildman–Crippen LogP) is 3.66. The third kappa shape index (κ3) is 3.76. The van der Waals surface area contributed by atoms with Crippen molar-refractivity contribution < 1.29 is 9.47 Å². The first-order chi connectivity index (χ1) is 9.15. The Morgan fingerprint density at radius 1 is 1.37 bits per heavy atom. The number of halogens is 2. The lowest BCUT2D eigenvalue weighted by molar-refractivity contribution is -0.259. The maximum atomic E-state index is 6.37. The van der Waals surface area contributed by atoms with E-state index in [1.54, 1.807) is 6.08 Å². The summed E-state index contributed by atoms with van der Waals surface area (Å²) in [6, 6.07) is 0. The number of fused-ring (bicyclic) bond motifs is 1. The highest BCUT2D eigenvalue weighted by Crippen LogP contribution is 2.38. The molecule has 6 unspecified atom stereocenters. The molecule has 2 heterocycles. The Morgan fingerprint density at radius 3 is 2.84 bits per heavy atom. The summed E-state index contributed by atoms with van der Waals surface area (Å²) in [5.41, 5.74) is 0. The Hall–Kier alpha value is -0.0100. The molecular weight excluding hydrogens is 328 g/mol. The molecule has 0 amide bonds. The normalized spacial score (nSPS) is 42.8. The Labute approximate surface area is 129 Å². The Bertz CT molecular complexity index is 366. The van der Waals surface area contributed by atoms with Gasteiger partial charge in [0.25, 0.3) is 0 Å². The van der Waals surface area contributed by atoms with Crippen molar-refractivity contribution in [2.75, 3.05) is 0 Å². The van der Waals surface area contributed by atoms with Crippen LogP contribution in [0.5, 0.6) is 0 Å². The number of alkyl halides is 2. The van der Waals surface area contributed by atoms with E-state index in [0.29, 0.717) is 4.83 Å². The van der Waals surface area contributed by atoms with Crippen LogP contribution in [0.4, 0.5) is 0 Å². The van der Waals surface area contributed by atoms with Crippen LogP contribution in [0.2, 0.25) is 0 Å². The molecule has 0 aromatic rings. The second-order valence-electron chi connectivity index (χ2n) is 5.15. The van der Waals surface area contributed by atoms with Gasteiger partial charge in [-0.25, -0.2) is 0 Å². The van der Waals surface area contributed by atoms with Crippen LogP contribution >= 0.6 is 27.5 Å². The van der Waals surface area contributed by atoms with Gasteiger partial charge in [-0.15, -0.1) is 18.0 Å². The quantitative estimate of drug-likeness (QED) is 0.573. The van der Waals surface area contributed by atoms with E-state index in [1.807, 2.05) is 6.08 Å². The molecule has 2 nitrogen and oxygen atoms in total. The zero-order valence-corrected chi connectivity index (χ0v) is 13.4. The van der Waals surface area contributed by atoms with Crippen molar-refractivity contribution in [2.24, 2.45) is 0 Å². The molecule has 2 aliphatic rings. The summed E-state index contributed by atoms with van der Waals surface area (Å²) >= 11 is 10.1. The van der Waals surface area contributed by atoms with Gasteiger partial charge in [0.1, 0.15) is 6.10 Å². The van der Waals surface area contributed by atoms with Crippen LogP contribution < -0.4 is 0 Å². The molecule has 0 spiro atoms. The van der Waals surface area contributed by atoms with Gasteiger partial charge in [-0.2, -0.15) is 0 Å². The van der Waals surface area contributed by atoms with Crippen molar-refractivity contribution in [1.82, 2.24) is 0 Å². The third-order valence-electron chi connectivity index (χ3n) is 3.77. The lowest BCUT2D eigenvalue weighted by Gasteiger charge is -2.48. The highest BCUT2D eigenvalue weighted by atomic mass is 79.9. The van der Waals surface area contributed by atoms with Gasteiger partial charge in [-0.05, 0) is 31.8 Å². The summed E-state index contributed by atoms with van der Waals surface area (Å²) in [5, 5.41) is 0.150. The molecule has 0 aliphatic carbocycles. The van der Waals surface area contributed by atoms with E-state index in [9.17, 15) is 0 Å². The molecule has 2 fully saturated rings. The van der Waals surface area contributed by atoms with Gasteiger partial charge in [0.2, 0.25) is 0 Å². The largest absolute Gasteiger partial charge is 0.369 e. The highest BCUT2D eigenvalue weighted by Gasteiger charge is 2.46. The minimum atomic E-state index is 0.116. The van der Waals surface area contributed by atoms with Gasteiger partial charge < -0.3 is 9.47 Å². The molecule has 0 N–H and O–H groups in total. The molecule has 0 aromatic heterocycles. The number of hydrogen-bond donors (Lipinski definition) is 0. The lowest BCUT2D eigenvalue weighted by Crippen LogP contribution is -2.58. The van der Waals surface area contributed by atoms with Crippen molar-refractivity contribution >= 4 is 27.5 Å². The number of terminal acetylenes is 1. The van der Waals surface area contributed by atoms with Gasteiger partial charge in [0, 0.05) is 10.2 Å². The van der Waals surface area contributed by atoms with E-state index in [1.165, 1.54) is 0 Å². The number of ether oxygens (including phenoxy) is 2. The van der Waals surface area contributed by atoms with Gasteiger partial charge in [-0.3, -0.25) is 0 Å². The van der Waals surface area contributed by atoms with Gasteiger partial charge in [-0.1, -0.05) is 34.9 Å². The second kappa shape index (κ2) is 7.13. The van der Waals surface area contributed by atoms with E-state index in [0.717, 1.165) is 25.7 Å². The van der Waals surface area contributed by atoms with Crippen molar-refractivity contribution in [3.05, 3.63) is 12.2 Å². The fraction of sp³-hybridized carbons (Fsp3) is 0.733. The fourth-order valence-corrected chi connectivity index (χ4v) is 4.27. The molecule has 19 heavy (non-hydrogen) atoms. The van der Waals surface area contributed by atoms with Crippen molar-refractivity contribution in [2.45, 2.75) is 67.2 Å². The summed E-state index contributed by atoms with van der Waals surface area (Å²) in [4.78, 5) is 0.323. The van der Waals surface area contributed by atoms with Crippen LogP contribution in [0.3, 0.4) is 0 Å². The highest BCUT2D eigenvalue weighted by molar-refractivity contribution is 9.09. The number of rotatable bonds is 3. The third-order valence-corrected chi connectivity index (χ3v) is 5.09. The predicted molar refractivity (Wildman–Crippen MR) is 81.8 cm³/mol. The molecule has 0 aromatic carbocycles. The van der Waals surface area contributed by atoms with Crippen LogP contribution in [0.25, 0.3) is 0 Å². The average molecular weight is 348 g/mol. The number of allylic oxidation sites excluding steroid dienone is 1. The summed E-state index contributed by atoms with van der Waals surface area (Å²) < 4.78 is 12.1. The molecule has 4 heteroatoms. The van der Waals surface area contributed by atoms with E-state index in [-0.39, 0.29) is 29.8 Å². The first-order valence-electron chi connectivity index (χ1n) is 6.85. The summed E-state index contributed by atoms with van der Waals surface area (Å²) in [5.74, 6) is 2.49. The van der Waals surface area contributed by atoms with Gasteiger partial charge >= 0.3 is 0 Å². The molecule has 2 saturated heterocycles. The Balaban J connectivity index is 1.98. The van der Waals surface area contributed by atoms with Crippen LogP contribution in [-0.2, 0) is 9.47 Å². The van der Waals surface area contributed by atoms with Crippen LogP contribution in [-0.4, -0.2) is 34.6 Å². The van der Waals surface area contributed by atoms with Crippen LogP contribution in [0, 0.1) is 12.3 Å². The van der Waals surface area contributed by atoms with Crippen molar-refractivity contribution in [1.29, 1.82) is 0 Å². The number of hydrogen-bond acceptors (Lipinski definition) is 2. The minimum Gasteiger partial charge on any atom is -0.369 e. The first kappa shape index (κ1) is 15.4. The van der Waals surface area contributed by atoms with Crippen molar-refractivity contribution in [3.63, 3.8) is 0 Å². The fourth-order valence-electron chi connectivity index (χ4n) is 2.74. The molecule has 0 saturated carbocycles. The molecule has 6 atom stereocenters. The van der Waals surface area contributed by atoms with E-state index in [4.69, 9.17) is 27.5 Å². The zero-order valence-electron chi connectivity index (χ0n) is 11.1. The van der Waals surface area contributed by atoms with Crippen molar-refractivity contribution in [3.8, 4) is 12.3 Å². The first-order valence-corrected chi connectivity index (χ1v) is 8.21. The van der Waals surface area contributed by atoms with Crippen LogP contribution in [0.1, 0.15) is 32.6 Å². The van der Waals surface area contributed by atoms with E-state index in [2.05, 4.69) is 28.8 Å². The smallest absolute Gasteiger partial charge is 0.111 e. The molecule has 2 aliphatic heterocycles. The van der Waals surface area contributed by atoms with E-state index < -0.39 is 0 Å². The summed E-state index contributed by atoms with van der Waals surface area (Å²) in [7, 11) is 0. The Kier molecular flexibility index (Phi) is 5.77. The molecule has 106 valence electrons. The topological polar surface area (TPSA) is 18.5 Å². The van der Waals surface area contributed by atoms with Gasteiger partial charge in [0.05, 0.1) is 18.3 Å². The van der Waals surface area contributed by atoms with Gasteiger partial charge in [0.15, 0.2) is 0 Å². The maximum absolute atomic E-state index is 6.37. The molecule has 0 radical (unpaired) electrons. The lowest BCUT2D eigenvalue weighted by atomic mass is 9.90. The summed E-state index contributed by atoms with van der Waals surface area (Å²) in [6.07, 6.45) is 13.1. The minimum absolute atomic E-state index is 0.116. The monoisotopic (exact) mass is 346 g/mol. The van der Waals surface area contributed by atoms with Crippen LogP contribution in [0.15, 0.2) is 12.2 Å². The standard InChI is InChI=1S/C15H20BrClO2/c1-3-5-6-7-13-15-14(18-13)9-10(17)8-11(16)12(4-2)19-15/h1,5-6,10-15H,4,7-9H2,2H3. The molecule has 0 bridgehead atoms. The zero-order chi connectivity index (χ0) is 13.8.